The highest BCUT2D eigenvalue weighted by atomic mass is 32.2. The van der Waals surface area contributed by atoms with Crippen LogP contribution in [0.25, 0.3) is 10.8 Å². The SMILES string of the molecule is Cc1ccc(S(=O)(=O)NNC(=O)O[C@H]2C[C@@H](S)CN2S(=O)(=O)c2ccc3ccccc3c2)cc1. The van der Waals surface area contributed by atoms with E-state index in [4.69, 9.17) is 4.74 Å². The maximum absolute atomic E-state index is 13.3. The van der Waals surface area contributed by atoms with Gasteiger partial charge in [0.1, 0.15) is 0 Å². The number of fused-ring (bicyclic) bond motifs is 1. The lowest BCUT2D eigenvalue weighted by molar-refractivity contribution is 0.0512. The summed E-state index contributed by atoms with van der Waals surface area (Å²) in [5.74, 6) is 0. The van der Waals surface area contributed by atoms with E-state index in [9.17, 15) is 21.6 Å². The van der Waals surface area contributed by atoms with Crippen molar-refractivity contribution in [2.24, 2.45) is 0 Å². The number of carbonyl (C=O) groups is 1. The Hall–Kier alpha value is -2.64. The van der Waals surface area contributed by atoms with E-state index in [0.29, 0.717) is 0 Å². The van der Waals surface area contributed by atoms with Gasteiger partial charge in [0.05, 0.1) is 9.79 Å². The number of carbonyl (C=O) groups excluding carboxylic acids is 1. The molecule has 0 aromatic heterocycles. The molecule has 1 amide bonds. The van der Waals surface area contributed by atoms with Gasteiger partial charge in [-0.05, 0) is 42.0 Å². The molecule has 0 saturated carbocycles. The molecule has 3 aromatic carbocycles. The van der Waals surface area contributed by atoms with Crippen LogP contribution in [0.5, 0.6) is 0 Å². The first-order chi connectivity index (χ1) is 16.1. The number of benzene rings is 3. The van der Waals surface area contributed by atoms with Crippen LogP contribution in [0.1, 0.15) is 12.0 Å². The quantitative estimate of drug-likeness (QED) is 0.339. The maximum Gasteiger partial charge on any atom is 0.424 e. The lowest BCUT2D eigenvalue weighted by Crippen LogP contribution is -2.46. The molecule has 180 valence electrons. The molecule has 9 nitrogen and oxygen atoms in total. The summed E-state index contributed by atoms with van der Waals surface area (Å²) in [6.07, 6.45) is -2.14. The van der Waals surface area contributed by atoms with E-state index in [1.807, 2.05) is 35.4 Å². The van der Waals surface area contributed by atoms with E-state index in [1.54, 1.807) is 30.3 Å². The highest BCUT2D eigenvalue weighted by molar-refractivity contribution is 7.89. The number of ether oxygens (including phenoxy) is 1. The number of aryl methyl sites for hydroxylation is 1. The zero-order chi connectivity index (χ0) is 24.5. The highest BCUT2D eigenvalue weighted by Crippen LogP contribution is 2.30. The molecular formula is C22H23N3O6S3. The molecule has 1 fully saturated rings. The summed E-state index contributed by atoms with van der Waals surface area (Å²) in [4.78, 5) is 14.3. The molecule has 0 bridgehead atoms. The Kier molecular flexibility index (Phi) is 6.87. The van der Waals surface area contributed by atoms with Gasteiger partial charge < -0.3 is 4.74 Å². The van der Waals surface area contributed by atoms with Crippen LogP contribution in [0.2, 0.25) is 0 Å². The fourth-order valence-corrected chi connectivity index (χ4v) is 6.51. The summed E-state index contributed by atoms with van der Waals surface area (Å²) in [5, 5.41) is 1.28. The van der Waals surface area contributed by atoms with Crippen LogP contribution >= 0.6 is 12.6 Å². The van der Waals surface area contributed by atoms with Crippen molar-refractivity contribution in [1.82, 2.24) is 14.6 Å². The fourth-order valence-electron chi connectivity index (χ4n) is 3.61. The average molecular weight is 522 g/mol. The first kappa shape index (κ1) is 24.5. The predicted molar refractivity (Wildman–Crippen MR) is 130 cm³/mol. The van der Waals surface area contributed by atoms with Crippen LogP contribution in [0.4, 0.5) is 4.79 Å². The smallest absolute Gasteiger partial charge is 0.424 e. The topological polar surface area (TPSA) is 122 Å². The number of nitrogens with zero attached hydrogens (tertiary/aromatic N) is 1. The maximum atomic E-state index is 13.3. The van der Waals surface area contributed by atoms with Crippen molar-refractivity contribution in [1.29, 1.82) is 0 Å². The largest absolute Gasteiger partial charge is 0.428 e. The number of thiol groups is 1. The number of nitrogens with one attached hydrogen (secondary N) is 2. The van der Waals surface area contributed by atoms with Crippen LogP contribution in [0.3, 0.4) is 0 Å². The second-order valence-corrected chi connectivity index (χ2v) is 12.2. The monoisotopic (exact) mass is 521 g/mol. The van der Waals surface area contributed by atoms with Gasteiger partial charge in [-0.1, -0.05) is 48.0 Å². The first-order valence-electron chi connectivity index (χ1n) is 10.3. The number of rotatable bonds is 6. The lowest BCUT2D eigenvalue weighted by atomic mass is 10.1. The van der Waals surface area contributed by atoms with Gasteiger partial charge in [-0.25, -0.2) is 27.1 Å². The van der Waals surface area contributed by atoms with Crippen LogP contribution in [0.15, 0.2) is 76.5 Å². The second-order valence-electron chi connectivity index (χ2n) is 7.88. The van der Waals surface area contributed by atoms with Crippen molar-refractivity contribution >= 4 is 49.5 Å². The van der Waals surface area contributed by atoms with Crippen LogP contribution in [-0.4, -0.2) is 45.3 Å². The van der Waals surface area contributed by atoms with Crippen molar-refractivity contribution in [2.75, 3.05) is 6.54 Å². The number of hydrogen-bond acceptors (Lipinski definition) is 7. The van der Waals surface area contributed by atoms with Gasteiger partial charge in [-0.3, -0.25) is 0 Å². The molecule has 2 atom stereocenters. The molecule has 34 heavy (non-hydrogen) atoms. The van der Waals surface area contributed by atoms with Gasteiger partial charge in [0, 0.05) is 18.2 Å². The molecule has 0 radical (unpaired) electrons. The summed E-state index contributed by atoms with van der Waals surface area (Å²) in [7, 11) is -8.04. The zero-order valence-electron chi connectivity index (χ0n) is 18.1. The van der Waals surface area contributed by atoms with Crippen molar-refractivity contribution in [2.45, 2.75) is 34.6 Å². The molecule has 1 saturated heterocycles. The summed E-state index contributed by atoms with van der Waals surface area (Å²) < 4.78 is 57.7. The zero-order valence-corrected chi connectivity index (χ0v) is 20.6. The van der Waals surface area contributed by atoms with Crippen molar-refractivity contribution in [3.63, 3.8) is 0 Å². The van der Waals surface area contributed by atoms with Gasteiger partial charge >= 0.3 is 6.09 Å². The van der Waals surface area contributed by atoms with Crippen LogP contribution < -0.4 is 10.3 Å². The summed E-state index contributed by atoms with van der Waals surface area (Å²) in [6, 6.07) is 18.1. The highest BCUT2D eigenvalue weighted by Gasteiger charge is 2.41. The van der Waals surface area contributed by atoms with Crippen molar-refractivity contribution in [3.05, 3.63) is 72.3 Å². The van der Waals surface area contributed by atoms with E-state index in [0.717, 1.165) is 20.6 Å². The number of amides is 1. The Morgan fingerprint density at radius 2 is 1.62 bits per heavy atom. The van der Waals surface area contributed by atoms with E-state index in [2.05, 4.69) is 12.6 Å². The van der Waals surface area contributed by atoms with Crippen LogP contribution in [-0.2, 0) is 24.8 Å². The van der Waals surface area contributed by atoms with E-state index in [1.165, 1.54) is 18.2 Å². The summed E-state index contributed by atoms with van der Waals surface area (Å²) in [6.45, 7) is 1.85. The molecule has 0 aliphatic carbocycles. The van der Waals surface area contributed by atoms with Crippen LogP contribution in [0, 0.1) is 6.92 Å². The molecule has 1 heterocycles. The molecule has 0 unspecified atom stereocenters. The third kappa shape index (κ3) is 5.20. The molecular weight excluding hydrogens is 498 g/mol. The third-order valence-electron chi connectivity index (χ3n) is 5.37. The summed E-state index contributed by atoms with van der Waals surface area (Å²) in [5.41, 5.74) is 2.84. The third-order valence-corrected chi connectivity index (χ3v) is 8.86. The Labute approximate surface area is 203 Å². The minimum absolute atomic E-state index is 0.0330. The van der Waals surface area contributed by atoms with E-state index in [-0.39, 0.29) is 28.0 Å². The molecule has 1 aliphatic heterocycles. The standard InChI is InChI=1S/C22H23N3O6S3/c1-15-6-9-19(10-7-15)33(27,28)24-23-22(26)31-21-13-18(32)14-25(21)34(29,30)20-11-8-16-4-2-3-5-17(16)12-20/h2-12,18,21,24,32H,13-14H2,1H3,(H,23,26)/t18-,21+/m1/s1. The minimum atomic E-state index is -4.03. The predicted octanol–water partition coefficient (Wildman–Crippen LogP) is 2.79. The minimum Gasteiger partial charge on any atom is -0.428 e. The van der Waals surface area contributed by atoms with Gasteiger partial charge in [-0.2, -0.15) is 16.9 Å². The van der Waals surface area contributed by atoms with E-state index < -0.39 is 32.4 Å². The first-order valence-corrected chi connectivity index (χ1v) is 13.7. The van der Waals surface area contributed by atoms with Crippen molar-refractivity contribution < 1.29 is 26.4 Å². The Morgan fingerprint density at radius 1 is 0.971 bits per heavy atom. The molecule has 2 N–H and O–H groups in total. The van der Waals surface area contributed by atoms with Gasteiger partial charge in [0.25, 0.3) is 10.0 Å². The summed E-state index contributed by atoms with van der Waals surface area (Å²) >= 11 is 4.36. The molecule has 4 rings (SSSR count). The normalized spacial score (nSPS) is 19.2. The van der Waals surface area contributed by atoms with Gasteiger partial charge in [0.15, 0.2) is 6.23 Å². The Balaban J connectivity index is 1.47. The number of sulfonamides is 2. The average Bonchev–Trinajstić information content (AvgIpc) is 3.18. The van der Waals surface area contributed by atoms with Crippen molar-refractivity contribution in [3.8, 4) is 0 Å². The number of hydrogen-bond donors (Lipinski definition) is 3. The molecule has 3 aromatic rings. The molecule has 1 aliphatic rings. The molecule has 12 heteroatoms. The Bertz CT molecular complexity index is 1430. The van der Waals surface area contributed by atoms with Gasteiger partial charge in [-0.15, -0.1) is 4.83 Å². The van der Waals surface area contributed by atoms with Gasteiger partial charge in [0.2, 0.25) is 10.0 Å². The Morgan fingerprint density at radius 3 is 2.32 bits per heavy atom. The number of hydrazine groups is 1. The molecule has 0 spiro atoms. The van der Waals surface area contributed by atoms with E-state index >= 15 is 0 Å². The fraction of sp³-hybridized carbons (Fsp3) is 0.227. The second kappa shape index (κ2) is 9.55. The lowest BCUT2D eigenvalue weighted by Gasteiger charge is -2.24.